The molecule has 0 saturated carbocycles. The molecule has 108 valence electrons. The van der Waals surface area contributed by atoms with Gasteiger partial charge in [0, 0.05) is 17.6 Å². The molecule has 7 heteroatoms. The van der Waals surface area contributed by atoms with E-state index < -0.39 is 10.0 Å². The molecule has 0 aliphatic rings. The predicted octanol–water partition coefficient (Wildman–Crippen LogP) is 1.43. The fourth-order valence-electron chi connectivity index (χ4n) is 1.78. The third kappa shape index (κ3) is 4.38. The molecule has 3 N–H and O–H groups in total. The molecule has 5 nitrogen and oxygen atoms in total. The number of hydrogen-bond donors (Lipinski definition) is 2. The Hall–Kier alpha value is -1.28. The molecule has 1 aromatic heterocycles. The van der Waals surface area contributed by atoms with E-state index in [9.17, 15) is 8.42 Å². The first-order chi connectivity index (χ1) is 9.45. The summed E-state index contributed by atoms with van der Waals surface area (Å²) in [4.78, 5) is 5.56. The number of rotatable bonds is 6. The van der Waals surface area contributed by atoms with Crippen molar-refractivity contribution >= 4 is 21.4 Å². The van der Waals surface area contributed by atoms with Gasteiger partial charge in [-0.3, -0.25) is 0 Å². The second-order valence-electron chi connectivity index (χ2n) is 4.46. The van der Waals surface area contributed by atoms with E-state index in [2.05, 4.69) is 10.3 Å². The van der Waals surface area contributed by atoms with Crippen molar-refractivity contribution < 1.29 is 8.42 Å². The highest BCUT2D eigenvalue weighted by atomic mass is 32.2. The highest BCUT2D eigenvalue weighted by Gasteiger charge is 2.06. The summed E-state index contributed by atoms with van der Waals surface area (Å²) < 4.78 is 22.2. The van der Waals surface area contributed by atoms with Crippen molar-refractivity contribution in [1.82, 2.24) is 10.3 Å². The molecular weight excluding hydrogens is 294 g/mol. The number of primary sulfonamides is 1. The minimum Gasteiger partial charge on any atom is -0.311 e. The van der Waals surface area contributed by atoms with E-state index in [-0.39, 0.29) is 4.90 Å². The third-order valence-corrected chi connectivity index (χ3v) is 4.65. The smallest absolute Gasteiger partial charge is 0.238 e. The average molecular weight is 311 g/mol. The maximum Gasteiger partial charge on any atom is 0.238 e. The fraction of sp³-hybridized carbons (Fsp3) is 0.308. The van der Waals surface area contributed by atoms with Crippen LogP contribution >= 0.6 is 11.3 Å². The quantitative estimate of drug-likeness (QED) is 0.790. The molecule has 0 aliphatic carbocycles. The highest BCUT2D eigenvalue weighted by Crippen LogP contribution is 2.11. The van der Waals surface area contributed by atoms with Crippen LogP contribution in [0.25, 0.3) is 0 Å². The van der Waals surface area contributed by atoms with Gasteiger partial charge in [-0.1, -0.05) is 12.1 Å². The molecule has 0 radical (unpaired) electrons. The molecule has 0 atom stereocenters. The van der Waals surface area contributed by atoms with Crippen molar-refractivity contribution in [2.75, 3.05) is 6.54 Å². The minimum atomic E-state index is -3.60. The zero-order valence-corrected chi connectivity index (χ0v) is 12.8. The molecule has 0 bridgehead atoms. The Balaban J connectivity index is 1.80. The van der Waals surface area contributed by atoms with Crippen molar-refractivity contribution in [1.29, 1.82) is 0 Å². The lowest BCUT2D eigenvalue weighted by Crippen LogP contribution is -2.16. The molecule has 0 fully saturated rings. The first-order valence-electron chi connectivity index (χ1n) is 6.19. The summed E-state index contributed by atoms with van der Waals surface area (Å²) in [5.41, 5.74) is 1.07. The van der Waals surface area contributed by atoms with Crippen molar-refractivity contribution in [2.24, 2.45) is 5.14 Å². The largest absolute Gasteiger partial charge is 0.311 e. The van der Waals surface area contributed by atoms with Gasteiger partial charge in [-0.15, -0.1) is 11.3 Å². The van der Waals surface area contributed by atoms with Crippen LogP contribution in [0.5, 0.6) is 0 Å². The van der Waals surface area contributed by atoms with Crippen LogP contribution in [0.15, 0.2) is 35.4 Å². The van der Waals surface area contributed by atoms with Gasteiger partial charge in [0.2, 0.25) is 10.0 Å². The van der Waals surface area contributed by atoms with E-state index in [4.69, 9.17) is 5.14 Å². The van der Waals surface area contributed by atoms with E-state index in [0.717, 1.165) is 30.1 Å². The summed E-state index contributed by atoms with van der Waals surface area (Å²) in [6, 6.07) is 6.66. The first-order valence-corrected chi connectivity index (χ1v) is 8.55. The molecule has 1 aromatic carbocycles. The molecule has 0 unspecified atom stereocenters. The summed E-state index contributed by atoms with van der Waals surface area (Å²) in [6.45, 7) is 3.62. The minimum absolute atomic E-state index is 0.148. The number of thiazole rings is 1. The zero-order valence-electron chi connectivity index (χ0n) is 11.2. The van der Waals surface area contributed by atoms with Crippen LogP contribution in [0, 0.1) is 6.92 Å². The van der Waals surface area contributed by atoms with Crippen molar-refractivity contribution in [3.8, 4) is 0 Å². The lowest BCUT2D eigenvalue weighted by molar-refractivity contribution is 0.597. The van der Waals surface area contributed by atoms with Crippen LogP contribution in [-0.2, 0) is 23.0 Å². The van der Waals surface area contributed by atoms with Crippen molar-refractivity contribution in [3.63, 3.8) is 0 Å². The van der Waals surface area contributed by atoms with Crippen molar-refractivity contribution in [3.05, 3.63) is 45.9 Å². The van der Waals surface area contributed by atoms with Crippen LogP contribution in [0.3, 0.4) is 0 Å². The molecule has 20 heavy (non-hydrogen) atoms. The SMILES string of the molecule is Cc1ncc(CNCCc2ccc(S(N)(=O)=O)cc2)s1. The Bertz CT molecular complexity index is 663. The van der Waals surface area contributed by atoms with E-state index in [0.29, 0.717) is 0 Å². The molecule has 0 saturated heterocycles. The predicted molar refractivity (Wildman–Crippen MR) is 80.1 cm³/mol. The molecule has 1 heterocycles. The van der Waals surface area contributed by atoms with Gasteiger partial charge in [0.25, 0.3) is 0 Å². The number of hydrogen-bond acceptors (Lipinski definition) is 5. The van der Waals surface area contributed by atoms with Gasteiger partial charge < -0.3 is 5.32 Å². The van der Waals surface area contributed by atoms with Crippen LogP contribution in [0.1, 0.15) is 15.4 Å². The van der Waals surface area contributed by atoms with Crippen LogP contribution in [0.2, 0.25) is 0 Å². The van der Waals surface area contributed by atoms with Gasteiger partial charge in [-0.25, -0.2) is 18.5 Å². The van der Waals surface area contributed by atoms with Crippen molar-refractivity contribution in [2.45, 2.75) is 24.8 Å². The first kappa shape index (κ1) is 15.1. The summed E-state index contributed by atoms with van der Waals surface area (Å²) in [7, 11) is -3.60. The second-order valence-corrected chi connectivity index (χ2v) is 7.34. The Labute approximate surface area is 122 Å². The van der Waals surface area contributed by atoms with Gasteiger partial charge in [0.15, 0.2) is 0 Å². The number of sulfonamides is 1. The van der Waals surface area contributed by atoms with Gasteiger partial charge in [-0.2, -0.15) is 0 Å². The normalized spacial score (nSPS) is 11.7. The van der Waals surface area contributed by atoms with Gasteiger partial charge in [0.05, 0.1) is 9.90 Å². The number of aryl methyl sites for hydroxylation is 1. The number of nitrogens with two attached hydrogens (primary N) is 1. The zero-order chi connectivity index (χ0) is 14.6. The molecular formula is C13H17N3O2S2. The van der Waals surface area contributed by atoms with Gasteiger partial charge in [-0.05, 0) is 37.6 Å². The van der Waals surface area contributed by atoms with Crippen LogP contribution in [-0.4, -0.2) is 19.9 Å². The maximum absolute atomic E-state index is 11.1. The molecule has 2 aromatic rings. The molecule has 0 spiro atoms. The van der Waals surface area contributed by atoms with Crippen LogP contribution < -0.4 is 10.5 Å². The van der Waals surface area contributed by atoms with Gasteiger partial charge >= 0.3 is 0 Å². The molecule has 0 amide bonds. The Kier molecular flexibility index (Phi) is 4.87. The average Bonchev–Trinajstić information content (AvgIpc) is 2.80. The summed E-state index contributed by atoms with van der Waals surface area (Å²) in [5, 5.41) is 9.46. The van der Waals surface area contributed by atoms with E-state index >= 15 is 0 Å². The maximum atomic E-state index is 11.1. The Morgan fingerprint density at radius 3 is 2.55 bits per heavy atom. The highest BCUT2D eigenvalue weighted by molar-refractivity contribution is 7.89. The second kappa shape index (κ2) is 6.45. The fourth-order valence-corrected chi connectivity index (χ4v) is 3.06. The van der Waals surface area contributed by atoms with Gasteiger partial charge in [0.1, 0.15) is 0 Å². The van der Waals surface area contributed by atoms with E-state index in [1.165, 1.54) is 17.0 Å². The lowest BCUT2D eigenvalue weighted by Gasteiger charge is -2.04. The summed E-state index contributed by atoms with van der Waals surface area (Å²) in [6.07, 6.45) is 2.72. The van der Waals surface area contributed by atoms with E-state index in [1.807, 2.05) is 13.1 Å². The number of benzene rings is 1. The molecule has 0 aliphatic heterocycles. The number of nitrogens with zero attached hydrogens (tertiary/aromatic N) is 1. The van der Waals surface area contributed by atoms with Crippen LogP contribution in [0.4, 0.5) is 0 Å². The third-order valence-electron chi connectivity index (χ3n) is 2.81. The summed E-state index contributed by atoms with van der Waals surface area (Å²) in [5.74, 6) is 0. The number of nitrogens with one attached hydrogen (secondary N) is 1. The molecule has 2 rings (SSSR count). The standard InChI is InChI=1S/C13H17N3O2S2/c1-10-16-9-12(19-10)8-15-7-6-11-2-4-13(5-3-11)20(14,17)18/h2-5,9,15H,6-8H2,1H3,(H2,14,17,18). The monoisotopic (exact) mass is 311 g/mol. The lowest BCUT2D eigenvalue weighted by atomic mass is 10.1. The Morgan fingerprint density at radius 1 is 1.30 bits per heavy atom. The number of aromatic nitrogens is 1. The summed E-state index contributed by atoms with van der Waals surface area (Å²) >= 11 is 1.68. The topological polar surface area (TPSA) is 85.1 Å². The Morgan fingerprint density at radius 2 is 2.00 bits per heavy atom. The van der Waals surface area contributed by atoms with E-state index in [1.54, 1.807) is 23.5 Å².